The Labute approximate surface area is 186 Å². The van der Waals surface area contributed by atoms with Crippen LogP contribution in [0.3, 0.4) is 0 Å². The molecular formula is C21H24Cl2N4O2S. The van der Waals surface area contributed by atoms with Crippen LogP contribution in [0.1, 0.15) is 25.0 Å². The molecule has 1 aliphatic rings. The van der Waals surface area contributed by atoms with E-state index in [0.717, 1.165) is 40.8 Å². The summed E-state index contributed by atoms with van der Waals surface area (Å²) in [5.41, 5.74) is 3.79. The highest BCUT2D eigenvalue weighted by molar-refractivity contribution is 7.90. The lowest BCUT2D eigenvalue weighted by Gasteiger charge is -2.16. The van der Waals surface area contributed by atoms with E-state index in [9.17, 15) is 8.42 Å². The largest absolute Gasteiger partial charge is 0.379 e. The fourth-order valence-electron chi connectivity index (χ4n) is 3.53. The van der Waals surface area contributed by atoms with Crippen LogP contribution in [0.15, 0.2) is 36.7 Å². The minimum absolute atomic E-state index is 0.154. The molecule has 4 rings (SSSR count). The second kappa shape index (κ2) is 8.65. The summed E-state index contributed by atoms with van der Waals surface area (Å²) in [6.45, 7) is 1.16. The second-order valence-electron chi connectivity index (χ2n) is 7.79. The van der Waals surface area contributed by atoms with Crippen molar-refractivity contribution in [2.24, 2.45) is 0 Å². The number of aryl methyl sites for hydroxylation is 1. The summed E-state index contributed by atoms with van der Waals surface area (Å²) < 4.78 is 25.3. The number of anilines is 2. The molecule has 30 heavy (non-hydrogen) atoms. The van der Waals surface area contributed by atoms with Crippen molar-refractivity contribution in [3.63, 3.8) is 0 Å². The van der Waals surface area contributed by atoms with Crippen LogP contribution in [0.5, 0.6) is 0 Å². The highest BCUT2D eigenvalue weighted by atomic mass is 35.5. The monoisotopic (exact) mass is 466 g/mol. The summed E-state index contributed by atoms with van der Waals surface area (Å²) in [5.74, 6) is 0.154. The van der Waals surface area contributed by atoms with Crippen molar-refractivity contribution in [2.45, 2.75) is 38.4 Å². The zero-order valence-corrected chi connectivity index (χ0v) is 19.0. The number of aromatic nitrogens is 2. The number of hydrogen-bond acceptors (Lipinski definition) is 5. The highest BCUT2D eigenvalue weighted by Crippen LogP contribution is 2.35. The van der Waals surface area contributed by atoms with Crippen molar-refractivity contribution in [3.8, 4) is 0 Å². The number of pyridine rings is 1. The van der Waals surface area contributed by atoms with Crippen molar-refractivity contribution in [1.82, 2.24) is 9.55 Å². The van der Waals surface area contributed by atoms with E-state index in [-0.39, 0.29) is 5.75 Å². The minimum Gasteiger partial charge on any atom is -0.379 e. The van der Waals surface area contributed by atoms with Crippen LogP contribution < -0.4 is 10.6 Å². The maximum atomic E-state index is 11.6. The normalized spacial score (nSPS) is 14.2. The SMILES string of the molecule is CS(=O)(=O)CCCn1c(CNc2cncc(Cl)c2NC2CC2)cc2cc(Cl)ccc21. The summed E-state index contributed by atoms with van der Waals surface area (Å²) in [7, 11) is -3.00. The fraction of sp³-hybridized carbons (Fsp3) is 0.381. The van der Waals surface area contributed by atoms with Crippen LogP contribution in [-0.4, -0.2) is 36.0 Å². The van der Waals surface area contributed by atoms with E-state index in [0.29, 0.717) is 35.6 Å². The quantitative estimate of drug-likeness (QED) is 0.465. The van der Waals surface area contributed by atoms with Gasteiger partial charge in [0.25, 0.3) is 0 Å². The van der Waals surface area contributed by atoms with Crippen molar-refractivity contribution in [1.29, 1.82) is 0 Å². The Morgan fingerprint density at radius 3 is 2.73 bits per heavy atom. The molecule has 0 amide bonds. The van der Waals surface area contributed by atoms with Gasteiger partial charge >= 0.3 is 0 Å². The van der Waals surface area contributed by atoms with Gasteiger partial charge in [0.1, 0.15) is 9.84 Å². The van der Waals surface area contributed by atoms with Crippen LogP contribution in [0.4, 0.5) is 11.4 Å². The average molecular weight is 467 g/mol. The Bertz CT molecular complexity index is 1170. The Morgan fingerprint density at radius 2 is 2.00 bits per heavy atom. The van der Waals surface area contributed by atoms with Crippen molar-refractivity contribution >= 4 is 55.3 Å². The molecule has 6 nitrogen and oxygen atoms in total. The van der Waals surface area contributed by atoms with Crippen LogP contribution in [0.25, 0.3) is 10.9 Å². The summed E-state index contributed by atoms with van der Waals surface area (Å²) in [6, 6.07) is 8.31. The van der Waals surface area contributed by atoms with Gasteiger partial charge in [-0.15, -0.1) is 0 Å². The van der Waals surface area contributed by atoms with Gasteiger partial charge in [0, 0.05) is 46.7 Å². The predicted molar refractivity (Wildman–Crippen MR) is 124 cm³/mol. The molecule has 2 heterocycles. The van der Waals surface area contributed by atoms with E-state index < -0.39 is 9.84 Å². The summed E-state index contributed by atoms with van der Waals surface area (Å²) >= 11 is 12.5. The van der Waals surface area contributed by atoms with Gasteiger partial charge in [-0.1, -0.05) is 23.2 Å². The number of rotatable bonds is 9. The topological polar surface area (TPSA) is 76.0 Å². The second-order valence-corrected chi connectivity index (χ2v) is 10.9. The molecule has 2 aromatic heterocycles. The van der Waals surface area contributed by atoms with E-state index in [1.165, 1.54) is 6.26 Å². The molecule has 0 saturated heterocycles. The maximum Gasteiger partial charge on any atom is 0.147 e. The number of sulfone groups is 1. The van der Waals surface area contributed by atoms with Gasteiger partial charge < -0.3 is 15.2 Å². The van der Waals surface area contributed by atoms with Crippen molar-refractivity contribution in [2.75, 3.05) is 22.6 Å². The van der Waals surface area contributed by atoms with Crippen LogP contribution in [0.2, 0.25) is 10.0 Å². The van der Waals surface area contributed by atoms with Gasteiger partial charge in [0.15, 0.2) is 0 Å². The molecule has 0 bridgehead atoms. The predicted octanol–water partition coefficient (Wildman–Crippen LogP) is 4.96. The number of benzene rings is 1. The van der Waals surface area contributed by atoms with Gasteiger partial charge in [-0.25, -0.2) is 8.42 Å². The molecule has 1 aromatic carbocycles. The third-order valence-electron chi connectivity index (χ3n) is 5.13. The molecule has 1 fully saturated rings. The molecule has 160 valence electrons. The summed E-state index contributed by atoms with van der Waals surface area (Å²) in [6.07, 6.45) is 7.52. The average Bonchev–Trinajstić information content (AvgIpc) is 3.43. The first-order valence-corrected chi connectivity index (χ1v) is 12.7. The van der Waals surface area contributed by atoms with E-state index in [4.69, 9.17) is 23.2 Å². The van der Waals surface area contributed by atoms with E-state index in [1.54, 1.807) is 12.4 Å². The van der Waals surface area contributed by atoms with Crippen LogP contribution in [-0.2, 0) is 22.9 Å². The molecule has 1 saturated carbocycles. The van der Waals surface area contributed by atoms with Gasteiger partial charge in [-0.2, -0.15) is 0 Å². The minimum atomic E-state index is -3.00. The number of nitrogens with zero attached hydrogens (tertiary/aromatic N) is 2. The van der Waals surface area contributed by atoms with Gasteiger partial charge in [0.05, 0.1) is 34.9 Å². The van der Waals surface area contributed by atoms with Crippen LogP contribution >= 0.6 is 23.2 Å². The number of nitrogens with one attached hydrogen (secondary N) is 2. The molecule has 9 heteroatoms. The molecule has 3 aromatic rings. The Hall–Kier alpha value is -1.96. The fourth-order valence-corrected chi connectivity index (χ4v) is 4.57. The van der Waals surface area contributed by atoms with E-state index in [2.05, 4.69) is 26.3 Å². The molecule has 0 unspecified atom stereocenters. The van der Waals surface area contributed by atoms with E-state index in [1.807, 2.05) is 18.2 Å². The zero-order chi connectivity index (χ0) is 21.3. The molecule has 0 radical (unpaired) electrons. The molecule has 0 spiro atoms. The Balaban J connectivity index is 1.59. The zero-order valence-electron chi connectivity index (χ0n) is 16.7. The Kier molecular flexibility index (Phi) is 6.14. The smallest absolute Gasteiger partial charge is 0.147 e. The lowest BCUT2D eigenvalue weighted by atomic mass is 10.2. The highest BCUT2D eigenvalue weighted by Gasteiger charge is 2.23. The number of halogens is 2. The third-order valence-corrected chi connectivity index (χ3v) is 6.68. The number of fused-ring (bicyclic) bond motifs is 1. The molecule has 0 aliphatic heterocycles. The standard InChI is InChI=1S/C21H24Cl2N4O2S/c1-30(28,29)8-2-7-27-17(10-14-9-15(22)3-6-20(14)27)11-25-19-13-24-12-18(23)21(19)26-16-4-5-16/h3,6,9-10,12-13,16,25H,2,4-5,7-8,11H2,1H3,(H,24,26). The maximum absolute atomic E-state index is 11.6. The third kappa shape index (κ3) is 5.20. The first-order chi connectivity index (χ1) is 14.3. The Morgan fingerprint density at radius 1 is 1.20 bits per heavy atom. The molecular weight excluding hydrogens is 443 g/mol. The van der Waals surface area contributed by atoms with Gasteiger partial charge in [-0.3, -0.25) is 4.98 Å². The molecule has 2 N–H and O–H groups in total. The summed E-state index contributed by atoms with van der Waals surface area (Å²) in [5, 5.41) is 9.20. The van der Waals surface area contributed by atoms with Crippen molar-refractivity contribution < 1.29 is 8.42 Å². The van der Waals surface area contributed by atoms with E-state index >= 15 is 0 Å². The van der Waals surface area contributed by atoms with Gasteiger partial charge in [-0.05, 0) is 43.5 Å². The molecule has 1 aliphatic carbocycles. The number of hydrogen-bond donors (Lipinski definition) is 2. The molecule has 0 atom stereocenters. The van der Waals surface area contributed by atoms with Crippen LogP contribution in [0, 0.1) is 0 Å². The van der Waals surface area contributed by atoms with Gasteiger partial charge in [0.2, 0.25) is 0 Å². The van der Waals surface area contributed by atoms with Crippen molar-refractivity contribution in [3.05, 3.63) is 52.4 Å². The lowest BCUT2D eigenvalue weighted by Crippen LogP contribution is -2.12. The first kappa shape index (κ1) is 21.3. The lowest BCUT2D eigenvalue weighted by molar-refractivity contribution is 0.591. The first-order valence-electron chi connectivity index (χ1n) is 9.89. The summed E-state index contributed by atoms with van der Waals surface area (Å²) in [4.78, 5) is 4.21.